The summed E-state index contributed by atoms with van der Waals surface area (Å²) in [5.41, 5.74) is 0.380. The number of halogens is 4. The molecule has 3 aromatic rings. The van der Waals surface area contributed by atoms with Crippen molar-refractivity contribution in [2.75, 3.05) is 7.11 Å². The highest BCUT2D eigenvalue weighted by Gasteiger charge is 2.25. The number of methoxy groups -OCH3 is 1. The van der Waals surface area contributed by atoms with E-state index in [9.17, 15) is 18.0 Å². The second-order valence-electron chi connectivity index (χ2n) is 5.02. The zero-order valence-electron chi connectivity index (χ0n) is 12.8. The molecule has 4 nitrogen and oxygen atoms in total. The molecular formula is C17H10BrF3N2O2. The highest BCUT2D eigenvalue weighted by molar-refractivity contribution is 9.10. The first kappa shape index (κ1) is 17.2. The number of hydrogen-bond acceptors (Lipinski definition) is 3. The first-order valence-corrected chi connectivity index (χ1v) is 7.80. The molecule has 0 N–H and O–H groups in total. The Kier molecular flexibility index (Phi) is 4.63. The van der Waals surface area contributed by atoms with Gasteiger partial charge in [-0.15, -0.1) is 0 Å². The van der Waals surface area contributed by atoms with Crippen molar-refractivity contribution in [1.29, 1.82) is 0 Å². The zero-order chi connectivity index (χ0) is 18.1. The summed E-state index contributed by atoms with van der Waals surface area (Å²) in [6.07, 6.45) is 0. The number of rotatable bonds is 3. The Balaban J connectivity index is 2.31. The number of hydrogen-bond donors (Lipinski definition) is 0. The van der Waals surface area contributed by atoms with Gasteiger partial charge in [0.25, 0.3) is 0 Å². The van der Waals surface area contributed by atoms with E-state index in [4.69, 9.17) is 0 Å². The average Bonchev–Trinajstić information content (AvgIpc) is 2.94. The molecule has 25 heavy (non-hydrogen) atoms. The van der Waals surface area contributed by atoms with Crippen molar-refractivity contribution >= 4 is 21.9 Å². The molecule has 0 saturated carbocycles. The van der Waals surface area contributed by atoms with Crippen LogP contribution in [-0.4, -0.2) is 22.9 Å². The summed E-state index contributed by atoms with van der Waals surface area (Å²) in [6, 6.07) is 8.15. The molecule has 0 atom stereocenters. The average molecular weight is 411 g/mol. The molecule has 0 amide bonds. The molecule has 2 aromatic carbocycles. The van der Waals surface area contributed by atoms with E-state index in [0.717, 1.165) is 22.9 Å². The van der Waals surface area contributed by atoms with Gasteiger partial charge in [0.1, 0.15) is 23.1 Å². The molecule has 0 aliphatic heterocycles. The molecule has 0 aliphatic rings. The first-order valence-electron chi connectivity index (χ1n) is 7.00. The maximum absolute atomic E-state index is 14.2. The quantitative estimate of drug-likeness (QED) is 0.596. The molecule has 0 aliphatic carbocycles. The summed E-state index contributed by atoms with van der Waals surface area (Å²) >= 11 is 3.25. The molecule has 3 rings (SSSR count). The molecule has 0 saturated heterocycles. The summed E-state index contributed by atoms with van der Waals surface area (Å²) < 4.78 is 47.0. The summed E-state index contributed by atoms with van der Waals surface area (Å²) in [4.78, 5) is 11.9. The summed E-state index contributed by atoms with van der Waals surface area (Å²) in [5, 5.41) is 4.05. The van der Waals surface area contributed by atoms with Gasteiger partial charge in [0.05, 0.1) is 17.3 Å². The van der Waals surface area contributed by atoms with Crippen molar-refractivity contribution in [3.05, 3.63) is 70.1 Å². The third-order valence-corrected chi connectivity index (χ3v) is 4.21. The van der Waals surface area contributed by atoms with Crippen molar-refractivity contribution in [1.82, 2.24) is 9.78 Å². The van der Waals surface area contributed by atoms with Crippen LogP contribution in [0.15, 0.2) is 46.9 Å². The van der Waals surface area contributed by atoms with Gasteiger partial charge in [-0.05, 0) is 52.3 Å². The van der Waals surface area contributed by atoms with Crippen molar-refractivity contribution < 1.29 is 22.7 Å². The third kappa shape index (κ3) is 3.17. The van der Waals surface area contributed by atoms with Crippen molar-refractivity contribution in [3.63, 3.8) is 0 Å². The number of ether oxygens (including phenoxy) is 1. The molecule has 0 fully saturated rings. The number of benzene rings is 2. The molecule has 1 aromatic heterocycles. The van der Waals surface area contributed by atoms with Crippen molar-refractivity contribution in [2.45, 2.75) is 0 Å². The Morgan fingerprint density at radius 3 is 2.36 bits per heavy atom. The lowest BCUT2D eigenvalue weighted by atomic mass is 10.1. The topological polar surface area (TPSA) is 44.1 Å². The van der Waals surface area contributed by atoms with Gasteiger partial charge in [-0.2, -0.15) is 5.10 Å². The number of carbonyl (C=O) groups excluding carboxylic acids is 1. The highest BCUT2D eigenvalue weighted by Crippen LogP contribution is 2.34. The Hall–Kier alpha value is -2.61. The minimum Gasteiger partial charge on any atom is -0.464 e. The molecule has 8 heteroatoms. The van der Waals surface area contributed by atoms with Gasteiger partial charge in [-0.1, -0.05) is 0 Å². The highest BCUT2D eigenvalue weighted by atomic mass is 79.9. The van der Waals surface area contributed by atoms with Crippen molar-refractivity contribution in [2.24, 2.45) is 0 Å². The van der Waals surface area contributed by atoms with Gasteiger partial charge in [-0.3, -0.25) is 0 Å². The van der Waals surface area contributed by atoms with E-state index in [1.165, 1.54) is 31.4 Å². The maximum atomic E-state index is 14.2. The molecule has 0 unspecified atom stereocenters. The number of carbonyl (C=O) groups is 1. The molecule has 0 bridgehead atoms. The van der Waals surface area contributed by atoms with Gasteiger partial charge in [0.2, 0.25) is 0 Å². The van der Waals surface area contributed by atoms with Gasteiger partial charge in [0.15, 0.2) is 5.69 Å². The minimum atomic E-state index is -0.759. The van der Waals surface area contributed by atoms with E-state index in [2.05, 4.69) is 25.8 Å². The number of nitrogens with zero attached hydrogens (tertiary/aromatic N) is 2. The minimum absolute atomic E-state index is 0.120. The van der Waals surface area contributed by atoms with E-state index in [-0.39, 0.29) is 21.5 Å². The standard InChI is InChI=1S/C17H10BrF3N2O2/c1-25-17(24)15-14(18)16(9-2-4-10(19)5-3-9)23(22-15)13-8-11(20)6-7-12(13)21/h2-8H,1H3. The van der Waals surface area contributed by atoms with Crippen LogP contribution in [-0.2, 0) is 4.74 Å². The Labute approximate surface area is 149 Å². The van der Waals surface area contributed by atoms with Crippen LogP contribution in [0.5, 0.6) is 0 Å². The second-order valence-corrected chi connectivity index (χ2v) is 5.81. The Morgan fingerprint density at radius 1 is 1.08 bits per heavy atom. The first-order chi connectivity index (χ1) is 11.9. The SMILES string of the molecule is COC(=O)c1nn(-c2cc(F)ccc2F)c(-c2ccc(F)cc2)c1Br. The number of aromatic nitrogens is 2. The predicted octanol–water partition coefficient (Wildman–Crippen LogP) is 4.51. The van der Waals surface area contributed by atoms with Crippen LogP contribution in [0, 0.1) is 17.5 Å². The zero-order valence-corrected chi connectivity index (χ0v) is 14.4. The Bertz CT molecular complexity index is 955. The van der Waals surface area contributed by atoms with E-state index in [0.29, 0.717) is 5.56 Å². The van der Waals surface area contributed by atoms with Crippen LogP contribution in [0.25, 0.3) is 16.9 Å². The lowest BCUT2D eigenvalue weighted by molar-refractivity contribution is 0.0592. The van der Waals surface area contributed by atoms with Crippen LogP contribution < -0.4 is 0 Å². The summed E-state index contributed by atoms with van der Waals surface area (Å²) in [7, 11) is 1.17. The van der Waals surface area contributed by atoms with E-state index in [1.807, 2.05) is 0 Å². The van der Waals surface area contributed by atoms with Crippen LogP contribution in [0.2, 0.25) is 0 Å². The Morgan fingerprint density at radius 2 is 1.72 bits per heavy atom. The van der Waals surface area contributed by atoms with E-state index in [1.54, 1.807) is 0 Å². The fourth-order valence-electron chi connectivity index (χ4n) is 2.31. The van der Waals surface area contributed by atoms with Gasteiger partial charge >= 0.3 is 5.97 Å². The van der Waals surface area contributed by atoms with Crippen LogP contribution >= 0.6 is 15.9 Å². The largest absolute Gasteiger partial charge is 0.464 e. The lowest BCUT2D eigenvalue weighted by Gasteiger charge is -2.09. The molecule has 1 heterocycles. The fraction of sp³-hybridized carbons (Fsp3) is 0.0588. The third-order valence-electron chi connectivity index (χ3n) is 3.46. The van der Waals surface area contributed by atoms with Crippen LogP contribution in [0.3, 0.4) is 0 Å². The van der Waals surface area contributed by atoms with Crippen LogP contribution in [0.4, 0.5) is 13.2 Å². The van der Waals surface area contributed by atoms with Gasteiger partial charge in [-0.25, -0.2) is 22.6 Å². The summed E-state index contributed by atoms with van der Waals surface area (Å²) in [5.74, 6) is -2.63. The van der Waals surface area contributed by atoms with Gasteiger partial charge < -0.3 is 4.74 Å². The second kappa shape index (κ2) is 6.72. The smallest absolute Gasteiger partial charge is 0.359 e. The molecular weight excluding hydrogens is 401 g/mol. The number of esters is 1. The molecule has 128 valence electrons. The maximum Gasteiger partial charge on any atom is 0.359 e. The van der Waals surface area contributed by atoms with E-state index >= 15 is 0 Å². The van der Waals surface area contributed by atoms with Crippen molar-refractivity contribution in [3.8, 4) is 16.9 Å². The molecule has 0 spiro atoms. The normalized spacial score (nSPS) is 10.8. The monoisotopic (exact) mass is 410 g/mol. The predicted molar refractivity (Wildman–Crippen MR) is 87.9 cm³/mol. The fourth-order valence-corrected chi connectivity index (χ4v) is 2.94. The van der Waals surface area contributed by atoms with Gasteiger partial charge in [0, 0.05) is 11.6 Å². The lowest BCUT2D eigenvalue weighted by Crippen LogP contribution is -2.06. The molecule has 0 radical (unpaired) electrons. The van der Waals surface area contributed by atoms with E-state index < -0.39 is 23.4 Å². The summed E-state index contributed by atoms with van der Waals surface area (Å²) in [6.45, 7) is 0. The van der Waals surface area contributed by atoms with Crippen LogP contribution in [0.1, 0.15) is 10.5 Å².